The van der Waals surface area contributed by atoms with Crippen molar-refractivity contribution >= 4 is 17.5 Å². The number of aryl methyl sites for hydroxylation is 1. The third-order valence-electron chi connectivity index (χ3n) is 1.77. The van der Waals surface area contributed by atoms with Gasteiger partial charge in [-0.3, -0.25) is 9.48 Å². The van der Waals surface area contributed by atoms with E-state index in [9.17, 15) is 18.0 Å². The Morgan fingerprint density at radius 2 is 2.25 bits per heavy atom. The minimum absolute atomic E-state index is 0.0894. The summed E-state index contributed by atoms with van der Waals surface area (Å²) in [6.45, 7) is -0.242. The van der Waals surface area contributed by atoms with Crippen LogP contribution in [0.5, 0.6) is 0 Å². The summed E-state index contributed by atoms with van der Waals surface area (Å²) in [5.41, 5.74) is -1.08. The zero-order valence-electron chi connectivity index (χ0n) is 8.31. The number of halogens is 4. The Labute approximate surface area is 94.4 Å². The van der Waals surface area contributed by atoms with E-state index in [1.165, 1.54) is 13.2 Å². The van der Waals surface area contributed by atoms with Crippen molar-refractivity contribution in [1.29, 1.82) is 0 Å². The number of aromatic nitrogens is 2. The zero-order valence-corrected chi connectivity index (χ0v) is 9.06. The molecule has 8 heteroatoms. The number of rotatable bonds is 3. The molecule has 0 saturated carbocycles. The van der Waals surface area contributed by atoms with Crippen molar-refractivity contribution in [3.05, 3.63) is 17.5 Å². The summed E-state index contributed by atoms with van der Waals surface area (Å²) in [6.07, 6.45) is -3.32. The van der Waals surface area contributed by atoms with Crippen molar-refractivity contribution < 1.29 is 18.0 Å². The highest BCUT2D eigenvalue weighted by Crippen LogP contribution is 2.30. The first-order valence-electron chi connectivity index (χ1n) is 4.27. The molecule has 0 unspecified atom stereocenters. The molecule has 0 radical (unpaired) electrons. The fraction of sp³-hybridized carbons (Fsp3) is 0.500. The second-order valence-electron chi connectivity index (χ2n) is 3.08. The first-order chi connectivity index (χ1) is 7.34. The van der Waals surface area contributed by atoms with E-state index in [2.05, 4.69) is 10.4 Å². The number of alkyl halides is 4. The van der Waals surface area contributed by atoms with Crippen LogP contribution < -0.4 is 5.32 Å². The molecule has 0 aliphatic rings. The molecule has 0 aliphatic heterocycles. The van der Waals surface area contributed by atoms with Gasteiger partial charge in [0, 0.05) is 25.4 Å². The van der Waals surface area contributed by atoms with Crippen molar-refractivity contribution in [3.8, 4) is 0 Å². The molecule has 0 aromatic carbocycles. The standard InChI is InChI=1S/C8H9ClF3N3O/c1-15-4-5(3-13-6(16)2-9)7(14-15)8(10,11)12/h4H,2-3H2,1H3,(H,13,16). The number of amides is 1. The second kappa shape index (κ2) is 4.73. The Hall–Kier alpha value is -1.24. The number of carbonyl (C=O) groups is 1. The quantitative estimate of drug-likeness (QED) is 0.828. The SMILES string of the molecule is Cn1cc(CNC(=O)CCl)c(C(F)(F)F)n1. The molecule has 4 nitrogen and oxygen atoms in total. The van der Waals surface area contributed by atoms with Crippen molar-refractivity contribution in [2.24, 2.45) is 7.05 Å². The molecule has 0 bridgehead atoms. The van der Waals surface area contributed by atoms with Gasteiger partial charge >= 0.3 is 6.18 Å². The average molecular weight is 256 g/mol. The monoisotopic (exact) mass is 255 g/mol. The minimum Gasteiger partial charge on any atom is -0.351 e. The van der Waals surface area contributed by atoms with Gasteiger partial charge in [-0.2, -0.15) is 18.3 Å². The van der Waals surface area contributed by atoms with Crippen molar-refractivity contribution in [1.82, 2.24) is 15.1 Å². The molecule has 1 aromatic rings. The lowest BCUT2D eigenvalue weighted by atomic mass is 10.2. The van der Waals surface area contributed by atoms with Crippen LogP contribution in [0.2, 0.25) is 0 Å². The Balaban J connectivity index is 2.83. The molecule has 16 heavy (non-hydrogen) atoms. The van der Waals surface area contributed by atoms with E-state index in [1.807, 2.05) is 0 Å². The molecule has 1 heterocycles. The largest absolute Gasteiger partial charge is 0.435 e. The highest BCUT2D eigenvalue weighted by Gasteiger charge is 2.36. The van der Waals surface area contributed by atoms with Crippen molar-refractivity contribution in [3.63, 3.8) is 0 Å². The first-order valence-corrected chi connectivity index (χ1v) is 4.80. The maximum Gasteiger partial charge on any atom is 0.435 e. The Morgan fingerprint density at radius 3 is 2.75 bits per heavy atom. The maximum atomic E-state index is 12.5. The Kier molecular flexibility index (Phi) is 3.79. The van der Waals surface area contributed by atoms with Gasteiger partial charge in [0.1, 0.15) is 5.88 Å². The maximum absolute atomic E-state index is 12.5. The third kappa shape index (κ3) is 3.13. The number of carbonyl (C=O) groups excluding carboxylic acids is 1. The summed E-state index contributed by atoms with van der Waals surface area (Å²) in [7, 11) is 1.38. The number of hydrogen-bond acceptors (Lipinski definition) is 2. The predicted octanol–water partition coefficient (Wildman–Crippen LogP) is 1.29. The molecule has 1 rings (SSSR count). The summed E-state index contributed by atoms with van der Waals surface area (Å²) in [6, 6.07) is 0. The van der Waals surface area contributed by atoms with Crippen LogP contribution >= 0.6 is 11.6 Å². The number of hydrogen-bond donors (Lipinski definition) is 1. The molecule has 1 amide bonds. The van der Waals surface area contributed by atoms with E-state index < -0.39 is 17.8 Å². The van der Waals surface area contributed by atoms with Gasteiger partial charge in [0.25, 0.3) is 0 Å². The van der Waals surface area contributed by atoms with Crippen LogP contribution in [-0.4, -0.2) is 21.6 Å². The summed E-state index contributed by atoms with van der Waals surface area (Å²) < 4.78 is 38.4. The molecule has 90 valence electrons. The van der Waals surface area contributed by atoms with E-state index in [-0.39, 0.29) is 18.0 Å². The average Bonchev–Trinajstić information content (AvgIpc) is 2.55. The van der Waals surface area contributed by atoms with E-state index in [0.717, 1.165) is 4.68 Å². The molecular formula is C8H9ClF3N3O. The lowest BCUT2D eigenvalue weighted by molar-refractivity contribution is -0.142. The van der Waals surface area contributed by atoms with Gasteiger partial charge in [-0.1, -0.05) is 0 Å². The fourth-order valence-corrected chi connectivity index (χ4v) is 1.24. The highest BCUT2D eigenvalue weighted by molar-refractivity contribution is 6.27. The van der Waals surface area contributed by atoms with E-state index in [1.54, 1.807) is 0 Å². The van der Waals surface area contributed by atoms with Crippen LogP contribution in [0.25, 0.3) is 0 Å². The summed E-state index contributed by atoms with van der Waals surface area (Å²) >= 11 is 5.20. The Morgan fingerprint density at radius 1 is 1.62 bits per heavy atom. The van der Waals surface area contributed by atoms with Gasteiger partial charge in [-0.15, -0.1) is 11.6 Å². The van der Waals surface area contributed by atoms with Crippen LogP contribution in [0, 0.1) is 0 Å². The van der Waals surface area contributed by atoms with Crippen LogP contribution in [-0.2, 0) is 24.6 Å². The topological polar surface area (TPSA) is 46.9 Å². The van der Waals surface area contributed by atoms with Crippen LogP contribution in [0.15, 0.2) is 6.20 Å². The van der Waals surface area contributed by atoms with Gasteiger partial charge in [-0.05, 0) is 0 Å². The molecule has 0 spiro atoms. The molecule has 0 aliphatic carbocycles. The molecule has 1 N–H and O–H groups in total. The highest BCUT2D eigenvalue weighted by atomic mass is 35.5. The fourth-order valence-electron chi connectivity index (χ4n) is 1.15. The number of nitrogens with one attached hydrogen (secondary N) is 1. The first kappa shape index (κ1) is 12.8. The van der Waals surface area contributed by atoms with E-state index in [4.69, 9.17) is 11.6 Å². The molecular weight excluding hydrogens is 247 g/mol. The summed E-state index contributed by atoms with van der Waals surface area (Å²) in [5, 5.41) is 5.54. The smallest absolute Gasteiger partial charge is 0.351 e. The number of nitrogens with zero attached hydrogens (tertiary/aromatic N) is 2. The van der Waals surface area contributed by atoms with E-state index >= 15 is 0 Å². The third-order valence-corrected chi connectivity index (χ3v) is 2.01. The predicted molar refractivity (Wildman–Crippen MR) is 50.8 cm³/mol. The van der Waals surface area contributed by atoms with Crippen LogP contribution in [0.3, 0.4) is 0 Å². The Bertz CT molecular complexity index is 388. The zero-order chi connectivity index (χ0) is 12.3. The van der Waals surface area contributed by atoms with Gasteiger partial charge in [0.05, 0.1) is 0 Å². The minimum atomic E-state index is -4.53. The summed E-state index contributed by atoms with van der Waals surface area (Å²) in [5.74, 6) is -0.819. The molecule has 0 fully saturated rings. The van der Waals surface area contributed by atoms with Gasteiger partial charge in [0.15, 0.2) is 5.69 Å². The van der Waals surface area contributed by atoms with Crippen LogP contribution in [0.1, 0.15) is 11.3 Å². The van der Waals surface area contributed by atoms with Gasteiger partial charge in [0.2, 0.25) is 5.91 Å². The van der Waals surface area contributed by atoms with Crippen LogP contribution in [0.4, 0.5) is 13.2 Å². The van der Waals surface area contributed by atoms with Gasteiger partial charge in [-0.25, -0.2) is 0 Å². The van der Waals surface area contributed by atoms with E-state index in [0.29, 0.717) is 0 Å². The molecule has 0 atom stereocenters. The summed E-state index contributed by atoms with van der Waals surface area (Å²) in [4.78, 5) is 10.8. The molecule has 1 aromatic heterocycles. The van der Waals surface area contributed by atoms with Crippen molar-refractivity contribution in [2.75, 3.05) is 5.88 Å². The molecule has 0 saturated heterocycles. The lowest BCUT2D eigenvalue weighted by Crippen LogP contribution is -2.24. The lowest BCUT2D eigenvalue weighted by Gasteiger charge is -2.06. The van der Waals surface area contributed by atoms with Crippen molar-refractivity contribution in [2.45, 2.75) is 12.7 Å². The second-order valence-corrected chi connectivity index (χ2v) is 3.35. The normalized spacial score (nSPS) is 11.6. The van der Waals surface area contributed by atoms with Gasteiger partial charge < -0.3 is 5.32 Å².